The molecule has 0 spiro atoms. The van der Waals surface area contributed by atoms with Gasteiger partial charge in [-0.3, -0.25) is 4.90 Å². The first-order valence-corrected chi connectivity index (χ1v) is 5.54. The lowest BCUT2D eigenvalue weighted by atomic mass is 10.1. The Balaban J connectivity index is 1.76. The molecule has 1 aliphatic rings. The van der Waals surface area contributed by atoms with Crippen molar-refractivity contribution in [3.63, 3.8) is 0 Å². The molecule has 0 radical (unpaired) electrons. The maximum atomic E-state index is 5.96. The molecule has 3 rings (SSSR count). The third-order valence-electron chi connectivity index (χ3n) is 3.00. The van der Waals surface area contributed by atoms with E-state index in [9.17, 15) is 0 Å². The maximum Gasteiger partial charge on any atom is 0.188 e. The number of hydrogen-bond donors (Lipinski definition) is 1. The first-order chi connectivity index (χ1) is 8.22. The minimum atomic E-state index is 0.710. The molecule has 1 aromatic heterocycles. The zero-order valence-corrected chi connectivity index (χ0v) is 9.67. The zero-order chi connectivity index (χ0) is 11.8. The number of aryl methyl sites for hydroxylation is 1. The number of nitrogen functional groups attached to an aromatic ring is 1. The summed E-state index contributed by atoms with van der Waals surface area (Å²) in [7, 11) is 1.77. The van der Waals surface area contributed by atoms with Crippen molar-refractivity contribution in [2.45, 2.75) is 19.6 Å². The van der Waals surface area contributed by atoms with Gasteiger partial charge < -0.3 is 5.73 Å². The second-order valence-corrected chi connectivity index (χ2v) is 4.33. The van der Waals surface area contributed by atoms with Crippen LogP contribution in [0.5, 0.6) is 0 Å². The molecule has 0 saturated carbocycles. The van der Waals surface area contributed by atoms with Crippen molar-refractivity contribution < 1.29 is 0 Å². The Kier molecular flexibility index (Phi) is 2.29. The summed E-state index contributed by atoms with van der Waals surface area (Å²) in [6.45, 7) is 2.47. The zero-order valence-electron chi connectivity index (χ0n) is 9.67. The SMILES string of the molecule is Cn1nnc(CN2Cc3cccc(N)c3C2)n1. The lowest BCUT2D eigenvalue weighted by molar-refractivity contribution is 0.268. The maximum absolute atomic E-state index is 5.96. The molecular formula is C11H14N6. The van der Waals surface area contributed by atoms with E-state index in [4.69, 9.17) is 5.73 Å². The van der Waals surface area contributed by atoms with E-state index < -0.39 is 0 Å². The molecule has 0 fully saturated rings. The first-order valence-electron chi connectivity index (χ1n) is 5.54. The van der Waals surface area contributed by atoms with Crippen LogP contribution in [0.2, 0.25) is 0 Å². The molecule has 17 heavy (non-hydrogen) atoms. The highest BCUT2D eigenvalue weighted by Crippen LogP contribution is 2.27. The van der Waals surface area contributed by atoms with Gasteiger partial charge in [-0.2, -0.15) is 4.80 Å². The fourth-order valence-corrected chi connectivity index (χ4v) is 2.21. The van der Waals surface area contributed by atoms with Gasteiger partial charge in [0.25, 0.3) is 0 Å². The number of hydrogen-bond acceptors (Lipinski definition) is 5. The Bertz CT molecular complexity index is 547. The van der Waals surface area contributed by atoms with E-state index in [-0.39, 0.29) is 0 Å². The summed E-state index contributed by atoms with van der Waals surface area (Å²) in [5.74, 6) is 0.749. The Labute approximate surface area is 99.0 Å². The fourth-order valence-electron chi connectivity index (χ4n) is 2.21. The number of rotatable bonds is 2. The predicted molar refractivity (Wildman–Crippen MR) is 62.6 cm³/mol. The lowest BCUT2D eigenvalue weighted by Crippen LogP contribution is -2.17. The molecule has 6 nitrogen and oxygen atoms in total. The normalized spacial score (nSPS) is 15.1. The van der Waals surface area contributed by atoms with Gasteiger partial charge in [0.15, 0.2) is 5.82 Å². The van der Waals surface area contributed by atoms with Crippen molar-refractivity contribution in [2.24, 2.45) is 7.05 Å². The highest BCUT2D eigenvalue weighted by molar-refractivity contribution is 5.52. The molecule has 1 aromatic carbocycles. The van der Waals surface area contributed by atoms with Crippen molar-refractivity contribution >= 4 is 5.69 Å². The smallest absolute Gasteiger partial charge is 0.188 e. The molecule has 2 N–H and O–H groups in total. The molecule has 0 amide bonds. The van der Waals surface area contributed by atoms with E-state index in [2.05, 4.69) is 26.4 Å². The number of nitrogens with two attached hydrogens (primary N) is 1. The van der Waals surface area contributed by atoms with Crippen molar-refractivity contribution in [2.75, 3.05) is 5.73 Å². The number of anilines is 1. The van der Waals surface area contributed by atoms with E-state index in [1.807, 2.05) is 12.1 Å². The van der Waals surface area contributed by atoms with Gasteiger partial charge in [0.2, 0.25) is 0 Å². The summed E-state index contributed by atoms with van der Waals surface area (Å²) in [6, 6.07) is 6.07. The summed E-state index contributed by atoms with van der Waals surface area (Å²) in [6.07, 6.45) is 0. The van der Waals surface area contributed by atoms with Crippen LogP contribution >= 0.6 is 0 Å². The molecule has 0 atom stereocenters. The molecule has 2 heterocycles. The molecule has 2 aromatic rings. The van der Waals surface area contributed by atoms with Crippen LogP contribution in [0, 0.1) is 0 Å². The number of benzene rings is 1. The summed E-state index contributed by atoms with van der Waals surface area (Å²) in [5, 5.41) is 12.0. The monoisotopic (exact) mass is 230 g/mol. The van der Waals surface area contributed by atoms with Crippen LogP contribution in [0.25, 0.3) is 0 Å². The molecule has 0 aliphatic carbocycles. The van der Waals surface area contributed by atoms with Crippen LogP contribution in [0.1, 0.15) is 17.0 Å². The van der Waals surface area contributed by atoms with Gasteiger partial charge in [-0.25, -0.2) is 0 Å². The molecular weight excluding hydrogens is 216 g/mol. The van der Waals surface area contributed by atoms with Gasteiger partial charge in [0.1, 0.15) is 0 Å². The van der Waals surface area contributed by atoms with Crippen molar-refractivity contribution in [1.29, 1.82) is 0 Å². The van der Waals surface area contributed by atoms with Gasteiger partial charge in [-0.15, -0.1) is 10.2 Å². The minimum absolute atomic E-state index is 0.710. The average molecular weight is 230 g/mol. The summed E-state index contributed by atoms with van der Waals surface area (Å²) >= 11 is 0. The number of aromatic nitrogens is 4. The van der Waals surface area contributed by atoms with E-state index in [1.165, 1.54) is 15.9 Å². The summed E-state index contributed by atoms with van der Waals surface area (Å²) in [5.41, 5.74) is 9.36. The van der Waals surface area contributed by atoms with Crippen LogP contribution in [-0.4, -0.2) is 25.1 Å². The molecule has 0 unspecified atom stereocenters. The van der Waals surface area contributed by atoms with Crippen LogP contribution < -0.4 is 5.73 Å². The fraction of sp³-hybridized carbons (Fsp3) is 0.364. The minimum Gasteiger partial charge on any atom is -0.398 e. The number of fused-ring (bicyclic) bond motifs is 1. The molecule has 0 bridgehead atoms. The standard InChI is InChI=1S/C11H14N6/c1-16-14-11(13-15-16)7-17-5-8-3-2-4-10(12)9(8)6-17/h2-4H,5-7,12H2,1H3. The van der Waals surface area contributed by atoms with E-state index in [0.717, 1.165) is 24.6 Å². The third kappa shape index (κ3) is 1.87. The summed E-state index contributed by atoms with van der Waals surface area (Å²) < 4.78 is 0. The Morgan fingerprint density at radius 2 is 2.24 bits per heavy atom. The molecule has 6 heteroatoms. The topological polar surface area (TPSA) is 72.9 Å². The average Bonchev–Trinajstić information content (AvgIpc) is 2.86. The largest absolute Gasteiger partial charge is 0.398 e. The van der Waals surface area contributed by atoms with Gasteiger partial charge in [0, 0.05) is 18.8 Å². The van der Waals surface area contributed by atoms with Crippen LogP contribution in [0.15, 0.2) is 18.2 Å². The highest BCUT2D eigenvalue weighted by Gasteiger charge is 2.21. The van der Waals surface area contributed by atoms with E-state index in [1.54, 1.807) is 7.05 Å². The first kappa shape index (κ1) is 10.2. The second-order valence-electron chi connectivity index (χ2n) is 4.33. The van der Waals surface area contributed by atoms with Crippen molar-refractivity contribution in [1.82, 2.24) is 25.1 Å². The van der Waals surface area contributed by atoms with Crippen LogP contribution in [0.3, 0.4) is 0 Å². The molecule has 88 valence electrons. The Morgan fingerprint density at radius 1 is 1.35 bits per heavy atom. The highest BCUT2D eigenvalue weighted by atomic mass is 15.6. The van der Waals surface area contributed by atoms with Crippen LogP contribution in [0.4, 0.5) is 5.69 Å². The van der Waals surface area contributed by atoms with E-state index in [0.29, 0.717) is 6.54 Å². The molecule has 0 saturated heterocycles. The lowest BCUT2D eigenvalue weighted by Gasteiger charge is -2.11. The quantitative estimate of drug-likeness (QED) is 0.752. The summed E-state index contributed by atoms with van der Waals surface area (Å²) in [4.78, 5) is 3.74. The third-order valence-corrected chi connectivity index (χ3v) is 3.00. The Morgan fingerprint density at radius 3 is 2.94 bits per heavy atom. The second kappa shape index (κ2) is 3.81. The van der Waals surface area contributed by atoms with Crippen molar-refractivity contribution in [3.05, 3.63) is 35.2 Å². The van der Waals surface area contributed by atoms with Crippen LogP contribution in [-0.2, 0) is 26.7 Å². The van der Waals surface area contributed by atoms with Gasteiger partial charge in [-0.05, 0) is 22.4 Å². The number of nitrogens with zero attached hydrogens (tertiary/aromatic N) is 5. The van der Waals surface area contributed by atoms with Gasteiger partial charge >= 0.3 is 0 Å². The van der Waals surface area contributed by atoms with Gasteiger partial charge in [-0.1, -0.05) is 12.1 Å². The molecule has 1 aliphatic heterocycles. The van der Waals surface area contributed by atoms with E-state index >= 15 is 0 Å². The Hall–Kier alpha value is -1.95. The predicted octanol–water partition coefficient (Wildman–Crippen LogP) is 0.308. The number of tetrazole rings is 1. The van der Waals surface area contributed by atoms with Crippen molar-refractivity contribution in [3.8, 4) is 0 Å². The van der Waals surface area contributed by atoms with Gasteiger partial charge in [0.05, 0.1) is 13.6 Å².